The molecule has 23 heavy (non-hydrogen) atoms. The molecule has 0 aliphatic heterocycles. The van der Waals surface area contributed by atoms with Crippen molar-refractivity contribution in [2.75, 3.05) is 14.2 Å². The van der Waals surface area contributed by atoms with Crippen LogP contribution in [0.15, 0.2) is 41.5 Å². The molecule has 0 fully saturated rings. The number of nitrogens with zero attached hydrogens (tertiary/aromatic N) is 1. The Hall–Kier alpha value is -2.29. The minimum absolute atomic E-state index is 0.0352. The van der Waals surface area contributed by atoms with Crippen molar-refractivity contribution in [2.24, 2.45) is 5.10 Å². The molecule has 120 valence electrons. The second-order valence-corrected chi connectivity index (χ2v) is 5.61. The number of carbonyl (C=O) groups excluding carboxylic acids is 1. The van der Waals surface area contributed by atoms with Gasteiger partial charge in [-0.1, -0.05) is 6.07 Å². The van der Waals surface area contributed by atoms with Crippen LogP contribution in [-0.4, -0.2) is 31.4 Å². The van der Waals surface area contributed by atoms with E-state index in [1.807, 2.05) is 0 Å². The van der Waals surface area contributed by atoms with Crippen LogP contribution in [0.1, 0.15) is 15.9 Å². The molecule has 0 atom stereocenters. The van der Waals surface area contributed by atoms with E-state index in [1.165, 1.54) is 13.3 Å². The van der Waals surface area contributed by atoms with Gasteiger partial charge in [-0.15, -0.1) is 0 Å². The molecule has 0 unspecified atom stereocenters. The van der Waals surface area contributed by atoms with Gasteiger partial charge in [0.05, 0.1) is 24.0 Å². The number of carbonyl (C=O) groups is 1. The van der Waals surface area contributed by atoms with Crippen molar-refractivity contribution in [1.29, 1.82) is 0 Å². The van der Waals surface area contributed by atoms with Gasteiger partial charge in [0, 0.05) is 11.1 Å². The van der Waals surface area contributed by atoms with Crippen LogP contribution in [0.3, 0.4) is 0 Å². The number of hydrogen-bond donors (Lipinski definition) is 2. The van der Waals surface area contributed by atoms with E-state index < -0.39 is 0 Å². The van der Waals surface area contributed by atoms with Crippen molar-refractivity contribution in [3.05, 3.63) is 51.1 Å². The lowest BCUT2D eigenvalue weighted by Gasteiger charge is -2.06. The summed E-state index contributed by atoms with van der Waals surface area (Å²) >= 11 is 2.09. The molecule has 2 aromatic rings. The third-order valence-corrected chi connectivity index (χ3v) is 3.88. The normalized spacial score (nSPS) is 10.6. The molecule has 7 heteroatoms. The maximum absolute atomic E-state index is 12.0. The number of rotatable bonds is 5. The molecule has 0 bridgehead atoms. The van der Waals surface area contributed by atoms with E-state index in [4.69, 9.17) is 9.47 Å². The molecule has 0 aromatic heterocycles. The first-order valence-electron chi connectivity index (χ1n) is 6.59. The highest BCUT2D eigenvalue weighted by molar-refractivity contribution is 14.1. The Morgan fingerprint density at radius 2 is 1.96 bits per heavy atom. The lowest BCUT2D eigenvalue weighted by Crippen LogP contribution is -2.17. The van der Waals surface area contributed by atoms with Crippen LogP contribution in [0.4, 0.5) is 0 Å². The van der Waals surface area contributed by atoms with Crippen molar-refractivity contribution in [3.63, 3.8) is 0 Å². The van der Waals surface area contributed by atoms with Crippen LogP contribution in [0, 0.1) is 3.57 Å². The summed E-state index contributed by atoms with van der Waals surface area (Å²) in [6.45, 7) is 0. The lowest BCUT2D eigenvalue weighted by molar-refractivity contribution is 0.0955. The summed E-state index contributed by atoms with van der Waals surface area (Å²) in [5.41, 5.74) is 3.31. The first-order valence-corrected chi connectivity index (χ1v) is 7.67. The summed E-state index contributed by atoms with van der Waals surface area (Å²) in [6, 6.07) is 10.1. The van der Waals surface area contributed by atoms with Crippen LogP contribution in [0.2, 0.25) is 0 Å². The molecule has 0 radical (unpaired) electrons. The van der Waals surface area contributed by atoms with Crippen LogP contribution in [-0.2, 0) is 0 Å². The summed E-state index contributed by atoms with van der Waals surface area (Å²) in [7, 11) is 3.03. The predicted octanol–water partition coefficient (Wildman–Crippen LogP) is 2.78. The number of phenols is 1. The quantitative estimate of drug-likeness (QED) is 0.438. The van der Waals surface area contributed by atoms with Crippen molar-refractivity contribution < 1.29 is 19.4 Å². The van der Waals surface area contributed by atoms with Crippen LogP contribution in [0.5, 0.6) is 17.2 Å². The number of nitrogens with one attached hydrogen (secondary N) is 1. The summed E-state index contributed by atoms with van der Waals surface area (Å²) in [6.07, 6.45) is 1.35. The largest absolute Gasteiger partial charge is 0.504 e. The van der Waals surface area contributed by atoms with E-state index in [0.29, 0.717) is 22.6 Å². The molecular weight excluding hydrogens is 411 g/mol. The number of aromatic hydroxyl groups is 1. The van der Waals surface area contributed by atoms with Gasteiger partial charge in [0.15, 0.2) is 11.5 Å². The zero-order chi connectivity index (χ0) is 16.8. The highest BCUT2D eigenvalue weighted by atomic mass is 127. The third-order valence-electron chi connectivity index (χ3n) is 3.03. The van der Waals surface area contributed by atoms with Crippen molar-refractivity contribution in [2.45, 2.75) is 0 Å². The SMILES string of the molecule is COc1ccc(C(=O)NN=Cc2cccc(OC)c2O)cc1I. The molecule has 0 saturated heterocycles. The minimum atomic E-state index is -0.357. The average Bonchev–Trinajstić information content (AvgIpc) is 2.56. The van der Waals surface area contributed by atoms with Crippen molar-refractivity contribution >= 4 is 34.7 Å². The number of benzene rings is 2. The standard InChI is InChI=1S/C16H15IN2O4/c1-22-13-7-6-10(8-12(13)17)16(21)19-18-9-11-4-3-5-14(23-2)15(11)20/h3-9,20H,1-2H3,(H,19,21). The number of para-hydroxylation sites is 1. The molecule has 0 aliphatic carbocycles. The maximum atomic E-state index is 12.0. The van der Waals surface area contributed by atoms with E-state index in [2.05, 4.69) is 33.1 Å². The smallest absolute Gasteiger partial charge is 0.271 e. The zero-order valence-corrected chi connectivity index (χ0v) is 14.7. The number of amides is 1. The second-order valence-electron chi connectivity index (χ2n) is 4.45. The number of hydrogen-bond acceptors (Lipinski definition) is 5. The van der Waals surface area contributed by atoms with E-state index in [1.54, 1.807) is 43.5 Å². The van der Waals surface area contributed by atoms with Gasteiger partial charge in [-0.2, -0.15) is 5.10 Å². The molecular formula is C16H15IN2O4. The molecule has 1 amide bonds. The van der Waals surface area contributed by atoms with Gasteiger partial charge >= 0.3 is 0 Å². The van der Waals surface area contributed by atoms with Crippen molar-refractivity contribution in [3.8, 4) is 17.2 Å². The number of methoxy groups -OCH3 is 2. The first-order chi connectivity index (χ1) is 11.1. The minimum Gasteiger partial charge on any atom is -0.504 e. The van der Waals surface area contributed by atoms with Gasteiger partial charge in [0.2, 0.25) is 0 Å². The number of ether oxygens (including phenoxy) is 2. The third kappa shape index (κ3) is 4.13. The Morgan fingerprint density at radius 3 is 2.61 bits per heavy atom. The summed E-state index contributed by atoms with van der Waals surface area (Å²) in [4.78, 5) is 12.0. The molecule has 0 aliphatic rings. The highest BCUT2D eigenvalue weighted by Crippen LogP contribution is 2.28. The summed E-state index contributed by atoms with van der Waals surface area (Å²) in [5, 5.41) is 13.8. The Kier molecular flexibility index (Phi) is 5.80. The van der Waals surface area contributed by atoms with E-state index >= 15 is 0 Å². The molecule has 2 rings (SSSR count). The average molecular weight is 426 g/mol. The first kappa shape index (κ1) is 17.1. The predicted molar refractivity (Wildman–Crippen MR) is 95.4 cm³/mol. The van der Waals surface area contributed by atoms with Crippen LogP contribution >= 0.6 is 22.6 Å². The molecule has 0 saturated carbocycles. The topological polar surface area (TPSA) is 80.2 Å². The van der Waals surface area contributed by atoms with Gasteiger partial charge in [0.25, 0.3) is 5.91 Å². The van der Waals surface area contributed by atoms with E-state index in [9.17, 15) is 9.90 Å². The van der Waals surface area contributed by atoms with Gasteiger partial charge in [-0.3, -0.25) is 4.79 Å². The van der Waals surface area contributed by atoms with Crippen LogP contribution in [0.25, 0.3) is 0 Å². The second kappa shape index (κ2) is 7.82. The maximum Gasteiger partial charge on any atom is 0.271 e. The van der Waals surface area contributed by atoms with Gasteiger partial charge < -0.3 is 14.6 Å². The Bertz CT molecular complexity index is 747. The highest BCUT2D eigenvalue weighted by Gasteiger charge is 2.08. The fourth-order valence-corrected chi connectivity index (χ4v) is 2.58. The fourth-order valence-electron chi connectivity index (χ4n) is 1.84. The summed E-state index contributed by atoms with van der Waals surface area (Å²) < 4.78 is 11.0. The zero-order valence-electron chi connectivity index (χ0n) is 12.5. The Morgan fingerprint density at radius 1 is 1.22 bits per heavy atom. The van der Waals surface area contributed by atoms with Crippen LogP contribution < -0.4 is 14.9 Å². The number of phenolic OH excluding ortho intramolecular Hbond substituents is 1. The van der Waals surface area contributed by atoms with Gasteiger partial charge in [-0.25, -0.2) is 5.43 Å². The van der Waals surface area contributed by atoms with Gasteiger partial charge in [-0.05, 0) is 52.9 Å². The Balaban J connectivity index is 2.08. The van der Waals surface area contributed by atoms with Gasteiger partial charge in [0.1, 0.15) is 5.75 Å². The molecule has 0 heterocycles. The van der Waals surface area contributed by atoms with E-state index in [-0.39, 0.29) is 11.7 Å². The number of halogens is 1. The van der Waals surface area contributed by atoms with E-state index in [0.717, 1.165) is 3.57 Å². The number of hydrazone groups is 1. The molecule has 2 N–H and O–H groups in total. The fraction of sp³-hybridized carbons (Fsp3) is 0.125. The van der Waals surface area contributed by atoms with Crippen molar-refractivity contribution in [1.82, 2.24) is 5.43 Å². The Labute approximate surface area is 147 Å². The molecule has 2 aromatic carbocycles. The molecule has 0 spiro atoms. The molecule has 6 nitrogen and oxygen atoms in total. The summed E-state index contributed by atoms with van der Waals surface area (Å²) in [5.74, 6) is 0.646. The monoisotopic (exact) mass is 426 g/mol. The lowest BCUT2D eigenvalue weighted by atomic mass is 10.2.